The van der Waals surface area contributed by atoms with Crippen molar-refractivity contribution in [1.29, 1.82) is 0 Å². The molecule has 3 rings (SSSR count). The highest BCUT2D eigenvalue weighted by Crippen LogP contribution is 2.26. The van der Waals surface area contributed by atoms with Gasteiger partial charge in [0.1, 0.15) is 5.82 Å². The molecule has 1 aliphatic carbocycles. The molecule has 0 unspecified atom stereocenters. The quantitative estimate of drug-likeness (QED) is 0.805. The fourth-order valence-corrected chi connectivity index (χ4v) is 3.18. The van der Waals surface area contributed by atoms with E-state index in [1.165, 1.54) is 32.1 Å². The van der Waals surface area contributed by atoms with E-state index in [1.807, 2.05) is 38.1 Å². The number of rotatable bonds is 4. The lowest BCUT2D eigenvalue weighted by molar-refractivity contribution is 0.461. The van der Waals surface area contributed by atoms with E-state index in [2.05, 4.69) is 20.6 Å². The van der Waals surface area contributed by atoms with Crippen LogP contribution in [-0.2, 0) is 0 Å². The van der Waals surface area contributed by atoms with Crippen LogP contribution in [0.2, 0.25) is 5.02 Å². The van der Waals surface area contributed by atoms with Crippen LogP contribution in [0.4, 0.5) is 17.5 Å². The Hall–Kier alpha value is -1.81. The van der Waals surface area contributed by atoms with E-state index in [0.29, 0.717) is 12.0 Å². The zero-order valence-corrected chi connectivity index (χ0v) is 14.5. The summed E-state index contributed by atoms with van der Waals surface area (Å²) >= 11 is 6.19. The van der Waals surface area contributed by atoms with Gasteiger partial charge in [0, 0.05) is 28.5 Å². The molecule has 5 heteroatoms. The maximum Gasteiger partial charge on any atom is 0.225 e. The van der Waals surface area contributed by atoms with Gasteiger partial charge in [0.25, 0.3) is 0 Å². The number of benzene rings is 1. The second-order valence-corrected chi connectivity index (χ2v) is 6.64. The molecule has 0 spiro atoms. The number of nitrogens with zero attached hydrogens (tertiary/aromatic N) is 2. The van der Waals surface area contributed by atoms with E-state index in [0.717, 1.165) is 27.8 Å². The summed E-state index contributed by atoms with van der Waals surface area (Å²) in [5.74, 6) is 1.50. The predicted octanol–water partition coefficient (Wildman–Crippen LogP) is 5.24. The molecule has 122 valence electrons. The monoisotopic (exact) mass is 330 g/mol. The Kier molecular flexibility index (Phi) is 5.01. The summed E-state index contributed by atoms with van der Waals surface area (Å²) in [5.41, 5.74) is 2.94. The fraction of sp³-hybridized carbons (Fsp3) is 0.444. The average molecular weight is 331 g/mol. The summed E-state index contributed by atoms with van der Waals surface area (Å²) in [5, 5.41) is 7.59. The number of anilines is 3. The molecule has 4 nitrogen and oxygen atoms in total. The van der Waals surface area contributed by atoms with Crippen LogP contribution in [-0.4, -0.2) is 16.0 Å². The van der Waals surface area contributed by atoms with Gasteiger partial charge in [-0.25, -0.2) is 4.98 Å². The van der Waals surface area contributed by atoms with Crippen LogP contribution in [0.25, 0.3) is 0 Å². The first-order chi connectivity index (χ1) is 11.1. The highest BCUT2D eigenvalue weighted by molar-refractivity contribution is 6.31. The first-order valence-electron chi connectivity index (χ1n) is 8.26. The largest absolute Gasteiger partial charge is 0.351 e. The van der Waals surface area contributed by atoms with Gasteiger partial charge in [-0.05, 0) is 44.4 Å². The average Bonchev–Trinajstić information content (AvgIpc) is 2.52. The van der Waals surface area contributed by atoms with Gasteiger partial charge in [-0.3, -0.25) is 0 Å². The van der Waals surface area contributed by atoms with Crippen molar-refractivity contribution in [2.75, 3.05) is 10.6 Å². The van der Waals surface area contributed by atoms with Gasteiger partial charge in [0.05, 0.1) is 0 Å². The molecule has 1 aromatic heterocycles. The lowest BCUT2D eigenvalue weighted by Crippen LogP contribution is -2.23. The Morgan fingerprint density at radius 3 is 2.65 bits per heavy atom. The molecule has 1 aliphatic rings. The summed E-state index contributed by atoms with van der Waals surface area (Å²) in [6.45, 7) is 3.99. The normalized spacial score (nSPS) is 15.4. The molecular weight excluding hydrogens is 308 g/mol. The molecule has 2 aromatic rings. The van der Waals surface area contributed by atoms with Crippen molar-refractivity contribution in [3.8, 4) is 0 Å². The van der Waals surface area contributed by atoms with Crippen LogP contribution in [0.3, 0.4) is 0 Å². The van der Waals surface area contributed by atoms with Gasteiger partial charge in [-0.2, -0.15) is 4.98 Å². The second kappa shape index (κ2) is 7.18. The molecule has 0 amide bonds. The van der Waals surface area contributed by atoms with E-state index in [9.17, 15) is 0 Å². The van der Waals surface area contributed by atoms with Crippen molar-refractivity contribution in [2.24, 2.45) is 0 Å². The third-order valence-electron chi connectivity index (χ3n) is 4.32. The van der Waals surface area contributed by atoms with Crippen LogP contribution in [0.5, 0.6) is 0 Å². The summed E-state index contributed by atoms with van der Waals surface area (Å²) in [6, 6.07) is 8.28. The number of aromatic nitrogens is 2. The van der Waals surface area contributed by atoms with Gasteiger partial charge < -0.3 is 10.6 Å². The van der Waals surface area contributed by atoms with Crippen molar-refractivity contribution in [3.63, 3.8) is 0 Å². The Labute approximate surface area is 142 Å². The lowest BCUT2D eigenvalue weighted by Gasteiger charge is -2.23. The lowest BCUT2D eigenvalue weighted by atomic mass is 9.96. The third kappa shape index (κ3) is 4.14. The first-order valence-corrected chi connectivity index (χ1v) is 8.64. The predicted molar refractivity (Wildman–Crippen MR) is 96.7 cm³/mol. The highest BCUT2D eigenvalue weighted by atomic mass is 35.5. The van der Waals surface area contributed by atoms with Crippen LogP contribution in [0.15, 0.2) is 24.3 Å². The van der Waals surface area contributed by atoms with Crippen molar-refractivity contribution in [3.05, 3.63) is 40.5 Å². The van der Waals surface area contributed by atoms with E-state index in [1.54, 1.807) is 0 Å². The van der Waals surface area contributed by atoms with Gasteiger partial charge >= 0.3 is 0 Å². The van der Waals surface area contributed by atoms with E-state index in [4.69, 9.17) is 11.6 Å². The number of hydrogen-bond donors (Lipinski definition) is 2. The van der Waals surface area contributed by atoms with Gasteiger partial charge in [0.15, 0.2) is 0 Å². The van der Waals surface area contributed by atoms with E-state index in [-0.39, 0.29) is 0 Å². The van der Waals surface area contributed by atoms with Crippen molar-refractivity contribution in [2.45, 2.75) is 52.0 Å². The smallest absolute Gasteiger partial charge is 0.225 e. The first kappa shape index (κ1) is 16.1. The fourth-order valence-electron chi connectivity index (χ4n) is 3.01. The maximum atomic E-state index is 6.19. The molecule has 0 bridgehead atoms. The van der Waals surface area contributed by atoms with Gasteiger partial charge in [-0.15, -0.1) is 0 Å². The minimum Gasteiger partial charge on any atom is -0.351 e. The van der Waals surface area contributed by atoms with Crippen LogP contribution in [0, 0.1) is 13.8 Å². The summed E-state index contributed by atoms with van der Waals surface area (Å²) < 4.78 is 0. The minimum absolute atomic E-state index is 0.492. The summed E-state index contributed by atoms with van der Waals surface area (Å²) in [6.07, 6.45) is 6.32. The summed E-state index contributed by atoms with van der Waals surface area (Å²) in [4.78, 5) is 9.14. The molecule has 1 aromatic carbocycles. The topological polar surface area (TPSA) is 49.8 Å². The summed E-state index contributed by atoms with van der Waals surface area (Å²) in [7, 11) is 0. The SMILES string of the molecule is Cc1cc(Nc2cccc(Cl)c2C)nc(NC2CCCCC2)n1. The number of halogens is 1. The molecule has 1 fully saturated rings. The number of nitrogens with one attached hydrogen (secondary N) is 2. The molecule has 0 atom stereocenters. The Balaban J connectivity index is 1.78. The maximum absolute atomic E-state index is 6.19. The zero-order chi connectivity index (χ0) is 16.2. The van der Waals surface area contributed by atoms with E-state index < -0.39 is 0 Å². The second-order valence-electron chi connectivity index (χ2n) is 6.23. The molecule has 0 aliphatic heterocycles. The van der Waals surface area contributed by atoms with Crippen LogP contribution in [0.1, 0.15) is 43.4 Å². The third-order valence-corrected chi connectivity index (χ3v) is 4.73. The Morgan fingerprint density at radius 1 is 1.09 bits per heavy atom. The van der Waals surface area contributed by atoms with Crippen molar-refractivity contribution < 1.29 is 0 Å². The zero-order valence-electron chi connectivity index (χ0n) is 13.7. The molecule has 2 N–H and O–H groups in total. The molecule has 0 radical (unpaired) electrons. The van der Waals surface area contributed by atoms with Crippen molar-refractivity contribution in [1.82, 2.24) is 9.97 Å². The molecule has 1 heterocycles. The molecular formula is C18H23ClN4. The van der Waals surface area contributed by atoms with E-state index >= 15 is 0 Å². The number of hydrogen-bond acceptors (Lipinski definition) is 4. The highest BCUT2D eigenvalue weighted by Gasteiger charge is 2.15. The minimum atomic E-state index is 0.492. The molecule has 0 saturated heterocycles. The Morgan fingerprint density at radius 2 is 1.87 bits per heavy atom. The Bertz CT molecular complexity index is 681. The van der Waals surface area contributed by atoms with Crippen molar-refractivity contribution >= 4 is 29.1 Å². The number of aryl methyl sites for hydroxylation is 1. The standard InChI is InChI=1S/C18H23ClN4/c1-12-11-17(22-16-10-6-9-15(19)13(16)2)23-18(20-12)21-14-7-4-3-5-8-14/h6,9-11,14H,3-5,7-8H2,1-2H3,(H2,20,21,22,23). The molecule has 23 heavy (non-hydrogen) atoms. The molecule has 1 saturated carbocycles. The van der Waals surface area contributed by atoms with Gasteiger partial charge in [0.2, 0.25) is 5.95 Å². The van der Waals surface area contributed by atoms with Crippen LogP contribution >= 0.6 is 11.6 Å². The van der Waals surface area contributed by atoms with Crippen LogP contribution < -0.4 is 10.6 Å². The van der Waals surface area contributed by atoms with Gasteiger partial charge in [-0.1, -0.05) is 36.9 Å².